The summed E-state index contributed by atoms with van der Waals surface area (Å²) in [4.78, 5) is 5.47. The molecule has 2 N–H and O–H groups in total. The minimum Gasteiger partial charge on any atom is -0.389 e. The van der Waals surface area contributed by atoms with E-state index in [0.29, 0.717) is 0 Å². The van der Waals surface area contributed by atoms with E-state index in [1.807, 2.05) is 6.92 Å². The highest BCUT2D eigenvalue weighted by Gasteiger charge is 2.05. The van der Waals surface area contributed by atoms with E-state index in [9.17, 15) is 0 Å². The summed E-state index contributed by atoms with van der Waals surface area (Å²) >= 11 is 1.59. The molecule has 0 unspecified atom stereocenters. The molecule has 1 aromatic rings. The molecule has 0 aliphatic carbocycles. The summed E-state index contributed by atoms with van der Waals surface area (Å²) < 4.78 is 0. The molecule has 74 valence electrons. The Hall–Kier alpha value is -0.450. The maximum absolute atomic E-state index is 8.87. The first-order valence-corrected chi connectivity index (χ1v) is 5.36. The molecule has 1 aromatic heterocycles. The van der Waals surface area contributed by atoms with Gasteiger partial charge in [0.2, 0.25) is 0 Å². The van der Waals surface area contributed by atoms with Crippen molar-refractivity contribution in [2.75, 3.05) is 6.54 Å². The number of rotatable bonds is 5. The zero-order valence-electron chi connectivity index (χ0n) is 8.13. The number of thiazole rings is 1. The average Bonchev–Trinajstić information content (AvgIpc) is 2.48. The standard InChI is InChI=1S/C9H16N2OS/c1-3-4-10-5-8-7(2)11-9(6-12)13-8/h10,12H,3-6H2,1-2H3. The molecule has 1 heterocycles. The van der Waals surface area contributed by atoms with Gasteiger partial charge in [0.25, 0.3) is 0 Å². The molecule has 0 amide bonds. The fourth-order valence-corrected chi connectivity index (χ4v) is 2.00. The number of aryl methyl sites for hydroxylation is 1. The Morgan fingerprint density at radius 2 is 2.31 bits per heavy atom. The van der Waals surface area contributed by atoms with Gasteiger partial charge in [-0.25, -0.2) is 4.98 Å². The Balaban J connectivity index is 2.50. The fourth-order valence-electron chi connectivity index (χ4n) is 1.10. The summed E-state index contributed by atoms with van der Waals surface area (Å²) in [5, 5.41) is 13.0. The highest BCUT2D eigenvalue weighted by atomic mass is 32.1. The molecule has 0 spiro atoms. The first kappa shape index (κ1) is 10.6. The second-order valence-electron chi connectivity index (χ2n) is 2.95. The summed E-state index contributed by atoms with van der Waals surface area (Å²) in [5.41, 5.74) is 1.04. The molecule has 0 radical (unpaired) electrons. The lowest BCUT2D eigenvalue weighted by molar-refractivity contribution is 0.281. The van der Waals surface area contributed by atoms with Crippen LogP contribution in [0.5, 0.6) is 0 Å². The number of aliphatic hydroxyl groups is 1. The quantitative estimate of drug-likeness (QED) is 0.707. The summed E-state index contributed by atoms with van der Waals surface area (Å²) in [5.74, 6) is 0. The third kappa shape index (κ3) is 3.06. The van der Waals surface area contributed by atoms with Crippen LogP contribution in [-0.2, 0) is 13.2 Å². The van der Waals surface area contributed by atoms with Crippen LogP contribution in [0.4, 0.5) is 0 Å². The maximum atomic E-state index is 8.87. The predicted octanol–water partition coefficient (Wildman–Crippen LogP) is 1.44. The van der Waals surface area contributed by atoms with E-state index >= 15 is 0 Å². The molecule has 0 aliphatic heterocycles. The summed E-state index contributed by atoms with van der Waals surface area (Å²) in [6.07, 6.45) is 1.14. The summed E-state index contributed by atoms with van der Waals surface area (Å²) in [7, 11) is 0. The normalized spacial score (nSPS) is 10.7. The van der Waals surface area contributed by atoms with Crippen LogP contribution in [0, 0.1) is 6.92 Å². The zero-order valence-corrected chi connectivity index (χ0v) is 8.95. The topological polar surface area (TPSA) is 45.1 Å². The van der Waals surface area contributed by atoms with Crippen molar-refractivity contribution in [2.24, 2.45) is 0 Å². The third-order valence-electron chi connectivity index (χ3n) is 1.78. The van der Waals surface area contributed by atoms with Crippen LogP contribution in [0.15, 0.2) is 0 Å². The number of hydrogen-bond acceptors (Lipinski definition) is 4. The van der Waals surface area contributed by atoms with Gasteiger partial charge < -0.3 is 10.4 Å². The fraction of sp³-hybridized carbons (Fsp3) is 0.667. The van der Waals surface area contributed by atoms with E-state index in [4.69, 9.17) is 5.11 Å². The number of hydrogen-bond donors (Lipinski definition) is 2. The van der Waals surface area contributed by atoms with Crippen molar-refractivity contribution in [2.45, 2.75) is 33.4 Å². The van der Waals surface area contributed by atoms with E-state index in [-0.39, 0.29) is 6.61 Å². The Kier molecular flexibility index (Phi) is 4.35. The molecule has 0 saturated heterocycles. The monoisotopic (exact) mass is 200 g/mol. The van der Waals surface area contributed by atoms with Crippen molar-refractivity contribution in [3.63, 3.8) is 0 Å². The van der Waals surface area contributed by atoms with Crippen LogP contribution in [0.1, 0.15) is 28.9 Å². The van der Waals surface area contributed by atoms with E-state index in [1.54, 1.807) is 11.3 Å². The van der Waals surface area contributed by atoms with Gasteiger partial charge >= 0.3 is 0 Å². The predicted molar refractivity (Wildman–Crippen MR) is 54.8 cm³/mol. The molecule has 1 rings (SSSR count). The van der Waals surface area contributed by atoms with Gasteiger partial charge in [-0.1, -0.05) is 6.92 Å². The van der Waals surface area contributed by atoms with E-state index in [0.717, 1.165) is 30.2 Å². The molecule has 0 bridgehead atoms. The van der Waals surface area contributed by atoms with Crippen LogP contribution >= 0.6 is 11.3 Å². The lowest BCUT2D eigenvalue weighted by Gasteiger charge is -1.99. The molecule has 13 heavy (non-hydrogen) atoms. The SMILES string of the molecule is CCCNCc1sc(CO)nc1C. The van der Waals surface area contributed by atoms with Crippen LogP contribution in [0.3, 0.4) is 0 Å². The van der Waals surface area contributed by atoms with Crippen molar-refractivity contribution in [3.8, 4) is 0 Å². The lowest BCUT2D eigenvalue weighted by atomic mass is 10.4. The van der Waals surface area contributed by atoms with Crippen LogP contribution in [0.25, 0.3) is 0 Å². The first-order chi connectivity index (χ1) is 6.27. The first-order valence-electron chi connectivity index (χ1n) is 4.54. The van der Waals surface area contributed by atoms with Crippen LogP contribution in [0.2, 0.25) is 0 Å². The largest absolute Gasteiger partial charge is 0.389 e. The van der Waals surface area contributed by atoms with Gasteiger partial charge in [-0.15, -0.1) is 11.3 Å². The van der Waals surface area contributed by atoms with Gasteiger partial charge in [0.15, 0.2) is 0 Å². The van der Waals surface area contributed by atoms with Gasteiger partial charge in [-0.2, -0.15) is 0 Å². The number of aliphatic hydroxyl groups excluding tert-OH is 1. The molecular weight excluding hydrogens is 184 g/mol. The van der Waals surface area contributed by atoms with Crippen molar-refractivity contribution in [3.05, 3.63) is 15.6 Å². The number of nitrogens with zero attached hydrogens (tertiary/aromatic N) is 1. The smallest absolute Gasteiger partial charge is 0.119 e. The van der Waals surface area contributed by atoms with E-state index in [1.165, 1.54) is 4.88 Å². The van der Waals surface area contributed by atoms with Crippen molar-refractivity contribution in [1.29, 1.82) is 0 Å². The number of aromatic nitrogens is 1. The molecule has 0 atom stereocenters. The Bertz CT molecular complexity index is 260. The maximum Gasteiger partial charge on any atom is 0.119 e. The van der Waals surface area contributed by atoms with Crippen LogP contribution < -0.4 is 5.32 Å². The van der Waals surface area contributed by atoms with Crippen molar-refractivity contribution in [1.82, 2.24) is 10.3 Å². The van der Waals surface area contributed by atoms with Crippen molar-refractivity contribution >= 4 is 11.3 Å². The second-order valence-corrected chi connectivity index (χ2v) is 4.12. The highest BCUT2D eigenvalue weighted by Crippen LogP contribution is 2.17. The van der Waals surface area contributed by atoms with Gasteiger partial charge in [-0.05, 0) is 19.9 Å². The molecule has 0 aliphatic rings. The second kappa shape index (κ2) is 5.32. The summed E-state index contributed by atoms with van der Waals surface area (Å²) in [6.45, 7) is 6.09. The molecule has 3 nitrogen and oxygen atoms in total. The lowest BCUT2D eigenvalue weighted by Crippen LogP contribution is -2.13. The van der Waals surface area contributed by atoms with E-state index < -0.39 is 0 Å². The van der Waals surface area contributed by atoms with Crippen LogP contribution in [-0.4, -0.2) is 16.6 Å². The number of nitrogens with one attached hydrogen (secondary N) is 1. The average molecular weight is 200 g/mol. The van der Waals surface area contributed by atoms with E-state index in [2.05, 4.69) is 17.2 Å². The van der Waals surface area contributed by atoms with Crippen molar-refractivity contribution < 1.29 is 5.11 Å². The molecular formula is C9H16N2OS. The summed E-state index contributed by atoms with van der Waals surface area (Å²) in [6, 6.07) is 0. The van der Waals surface area contributed by atoms with Gasteiger partial charge in [0.05, 0.1) is 12.3 Å². The molecule has 4 heteroatoms. The molecule has 0 aromatic carbocycles. The third-order valence-corrected chi connectivity index (χ3v) is 2.93. The van der Waals surface area contributed by atoms with Gasteiger partial charge in [0.1, 0.15) is 5.01 Å². The van der Waals surface area contributed by atoms with Gasteiger partial charge in [-0.3, -0.25) is 0 Å². The Labute approximate surface area is 82.8 Å². The zero-order chi connectivity index (χ0) is 9.68. The van der Waals surface area contributed by atoms with Gasteiger partial charge in [0, 0.05) is 11.4 Å². The minimum atomic E-state index is 0.0548. The minimum absolute atomic E-state index is 0.0548. The highest BCUT2D eigenvalue weighted by molar-refractivity contribution is 7.11. The Morgan fingerprint density at radius 1 is 1.54 bits per heavy atom. The molecule has 0 fully saturated rings. The Morgan fingerprint density at radius 3 is 2.85 bits per heavy atom. The molecule has 0 saturated carbocycles.